The van der Waals surface area contributed by atoms with Gasteiger partial charge in [0.15, 0.2) is 0 Å². The van der Waals surface area contributed by atoms with Gasteiger partial charge in [-0.1, -0.05) is 29.8 Å². The second-order valence-electron chi connectivity index (χ2n) is 4.74. The highest BCUT2D eigenvalue weighted by molar-refractivity contribution is 5.36. The van der Waals surface area contributed by atoms with Crippen LogP contribution in [0.2, 0.25) is 0 Å². The zero-order valence-electron chi connectivity index (χ0n) is 11.7. The minimum absolute atomic E-state index is 0.745. The topological polar surface area (TPSA) is 41.1 Å². The van der Waals surface area contributed by atoms with Crippen LogP contribution in [0.4, 0.5) is 5.82 Å². The third-order valence-corrected chi connectivity index (χ3v) is 2.98. The molecular weight excluding hydrogens is 236 g/mol. The van der Waals surface area contributed by atoms with Crippen LogP contribution < -0.4 is 10.2 Å². The van der Waals surface area contributed by atoms with E-state index in [1.54, 1.807) is 0 Å². The zero-order valence-corrected chi connectivity index (χ0v) is 11.7. The molecule has 0 amide bonds. The standard InChI is InChI=1S/C15H20N4/c1-12-4-6-13(7-5-12)11-19(3)15-10-17-14(8-16-2)9-18-15/h4-7,9-10,16H,8,11H2,1-3H3. The number of hydrogen-bond acceptors (Lipinski definition) is 4. The smallest absolute Gasteiger partial charge is 0.147 e. The first-order valence-electron chi connectivity index (χ1n) is 6.41. The normalized spacial score (nSPS) is 10.5. The van der Waals surface area contributed by atoms with Crippen molar-refractivity contribution in [3.63, 3.8) is 0 Å². The average Bonchev–Trinajstić information content (AvgIpc) is 2.42. The molecule has 0 atom stereocenters. The highest BCUT2D eigenvalue weighted by Crippen LogP contribution is 2.12. The van der Waals surface area contributed by atoms with Gasteiger partial charge in [-0.25, -0.2) is 4.98 Å². The molecule has 0 saturated carbocycles. The third kappa shape index (κ3) is 3.76. The number of benzene rings is 1. The fourth-order valence-electron chi connectivity index (χ4n) is 1.87. The number of aromatic nitrogens is 2. The van der Waals surface area contributed by atoms with Crippen molar-refractivity contribution < 1.29 is 0 Å². The van der Waals surface area contributed by atoms with Gasteiger partial charge in [0, 0.05) is 20.1 Å². The predicted octanol–water partition coefficient (Wildman–Crippen LogP) is 2.14. The summed E-state index contributed by atoms with van der Waals surface area (Å²) >= 11 is 0. The molecule has 19 heavy (non-hydrogen) atoms. The van der Waals surface area contributed by atoms with E-state index >= 15 is 0 Å². The summed E-state index contributed by atoms with van der Waals surface area (Å²) in [6.07, 6.45) is 3.64. The fraction of sp³-hybridized carbons (Fsp3) is 0.333. The molecular formula is C15H20N4. The van der Waals surface area contributed by atoms with Gasteiger partial charge in [-0.2, -0.15) is 0 Å². The minimum Gasteiger partial charge on any atom is -0.354 e. The molecule has 0 aliphatic rings. The molecule has 1 heterocycles. The van der Waals surface area contributed by atoms with Crippen LogP contribution in [0.3, 0.4) is 0 Å². The van der Waals surface area contributed by atoms with Gasteiger partial charge in [-0.15, -0.1) is 0 Å². The molecule has 1 N–H and O–H groups in total. The monoisotopic (exact) mass is 256 g/mol. The maximum Gasteiger partial charge on any atom is 0.147 e. The predicted molar refractivity (Wildman–Crippen MR) is 78.1 cm³/mol. The van der Waals surface area contributed by atoms with Gasteiger partial charge in [0.2, 0.25) is 0 Å². The highest BCUT2D eigenvalue weighted by Gasteiger charge is 2.04. The number of nitrogens with zero attached hydrogens (tertiary/aromatic N) is 3. The lowest BCUT2D eigenvalue weighted by Gasteiger charge is -2.18. The van der Waals surface area contributed by atoms with Crippen LogP contribution in [0, 0.1) is 6.92 Å². The molecule has 2 rings (SSSR count). The van der Waals surface area contributed by atoms with Crippen LogP contribution in [-0.4, -0.2) is 24.1 Å². The number of aryl methyl sites for hydroxylation is 1. The molecule has 1 aromatic heterocycles. The molecule has 100 valence electrons. The maximum absolute atomic E-state index is 4.43. The van der Waals surface area contributed by atoms with Crippen molar-refractivity contribution in [2.24, 2.45) is 0 Å². The van der Waals surface area contributed by atoms with Crippen LogP contribution in [0.25, 0.3) is 0 Å². The summed E-state index contributed by atoms with van der Waals surface area (Å²) in [5.41, 5.74) is 3.51. The molecule has 0 unspecified atom stereocenters. The van der Waals surface area contributed by atoms with Crippen LogP contribution in [0.1, 0.15) is 16.8 Å². The second kappa shape index (κ2) is 6.29. The van der Waals surface area contributed by atoms with E-state index in [1.165, 1.54) is 11.1 Å². The Labute approximate surface area is 114 Å². The summed E-state index contributed by atoms with van der Waals surface area (Å²) in [4.78, 5) is 10.9. The lowest BCUT2D eigenvalue weighted by atomic mass is 10.1. The number of anilines is 1. The Kier molecular flexibility index (Phi) is 4.47. The summed E-state index contributed by atoms with van der Waals surface area (Å²) in [6, 6.07) is 8.55. The quantitative estimate of drug-likeness (QED) is 0.890. The molecule has 1 aromatic carbocycles. The van der Waals surface area contributed by atoms with Gasteiger partial charge >= 0.3 is 0 Å². The number of hydrogen-bond donors (Lipinski definition) is 1. The molecule has 4 heteroatoms. The molecule has 0 aliphatic carbocycles. The first-order valence-corrected chi connectivity index (χ1v) is 6.41. The van der Waals surface area contributed by atoms with Crippen LogP contribution >= 0.6 is 0 Å². The van der Waals surface area contributed by atoms with Gasteiger partial charge in [-0.3, -0.25) is 4.98 Å². The second-order valence-corrected chi connectivity index (χ2v) is 4.74. The van der Waals surface area contributed by atoms with Gasteiger partial charge in [0.25, 0.3) is 0 Å². The molecule has 0 aliphatic heterocycles. The van der Waals surface area contributed by atoms with Crippen molar-refractivity contribution >= 4 is 5.82 Å². The lowest BCUT2D eigenvalue weighted by Crippen LogP contribution is -2.18. The van der Waals surface area contributed by atoms with E-state index in [0.717, 1.165) is 24.6 Å². The van der Waals surface area contributed by atoms with E-state index in [9.17, 15) is 0 Å². The molecule has 0 saturated heterocycles. The maximum atomic E-state index is 4.43. The Bertz CT molecular complexity index is 505. The largest absolute Gasteiger partial charge is 0.354 e. The summed E-state index contributed by atoms with van der Waals surface area (Å²) in [5, 5.41) is 3.06. The van der Waals surface area contributed by atoms with Crippen molar-refractivity contribution in [1.82, 2.24) is 15.3 Å². The Hall–Kier alpha value is -1.94. The fourth-order valence-corrected chi connectivity index (χ4v) is 1.87. The Morgan fingerprint density at radius 2 is 1.84 bits per heavy atom. The van der Waals surface area contributed by atoms with Crippen molar-refractivity contribution in [2.75, 3.05) is 19.0 Å². The van der Waals surface area contributed by atoms with E-state index in [4.69, 9.17) is 0 Å². The van der Waals surface area contributed by atoms with Gasteiger partial charge < -0.3 is 10.2 Å². The van der Waals surface area contributed by atoms with Crippen molar-refractivity contribution in [1.29, 1.82) is 0 Å². The molecule has 2 aromatic rings. The first kappa shape index (κ1) is 13.5. The highest BCUT2D eigenvalue weighted by atomic mass is 15.2. The molecule has 4 nitrogen and oxygen atoms in total. The van der Waals surface area contributed by atoms with Gasteiger partial charge in [-0.05, 0) is 19.5 Å². The van der Waals surface area contributed by atoms with Gasteiger partial charge in [0.05, 0.1) is 18.1 Å². The van der Waals surface area contributed by atoms with E-state index in [2.05, 4.69) is 51.4 Å². The molecule has 0 spiro atoms. The number of rotatable bonds is 5. The molecule has 0 bridgehead atoms. The summed E-state index contributed by atoms with van der Waals surface area (Å²) < 4.78 is 0. The van der Waals surface area contributed by atoms with Crippen molar-refractivity contribution in [3.8, 4) is 0 Å². The van der Waals surface area contributed by atoms with E-state index in [1.807, 2.05) is 26.5 Å². The Balaban J connectivity index is 2.02. The Morgan fingerprint density at radius 1 is 1.11 bits per heavy atom. The lowest BCUT2D eigenvalue weighted by molar-refractivity contribution is 0.779. The SMILES string of the molecule is CNCc1cnc(N(C)Cc2ccc(C)cc2)cn1. The zero-order chi connectivity index (χ0) is 13.7. The summed E-state index contributed by atoms with van der Waals surface area (Å²) in [7, 11) is 3.93. The van der Waals surface area contributed by atoms with Crippen LogP contribution in [-0.2, 0) is 13.1 Å². The van der Waals surface area contributed by atoms with Crippen LogP contribution in [0.15, 0.2) is 36.7 Å². The number of nitrogens with one attached hydrogen (secondary N) is 1. The Morgan fingerprint density at radius 3 is 2.42 bits per heavy atom. The average molecular weight is 256 g/mol. The van der Waals surface area contributed by atoms with E-state index < -0.39 is 0 Å². The van der Waals surface area contributed by atoms with Crippen molar-refractivity contribution in [3.05, 3.63) is 53.5 Å². The molecule has 0 radical (unpaired) electrons. The van der Waals surface area contributed by atoms with Gasteiger partial charge in [0.1, 0.15) is 5.82 Å². The first-order chi connectivity index (χ1) is 9.19. The van der Waals surface area contributed by atoms with Crippen LogP contribution in [0.5, 0.6) is 0 Å². The minimum atomic E-state index is 0.745. The van der Waals surface area contributed by atoms with E-state index in [0.29, 0.717) is 0 Å². The van der Waals surface area contributed by atoms with E-state index in [-0.39, 0.29) is 0 Å². The molecule has 0 fully saturated rings. The van der Waals surface area contributed by atoms with Crippen molar-refractivity contribution in [2.45, 2.75) is 20.0 Å². The summed E-state index contributed by atoms with van der Waals surface area (Å²) in [5.74, 6) is 0.889. The third-order valence-electron chi connectivity index (χ3n) is 2.98. The summed E-state index contributed by atoms with van der Waals surface area (Å²) in [6.45, 7) is 3.68.